The molecule has 0 spiro atoms. The minimum absolute atomic E-state index is 0.0331. The molecule has 0 atom stereocenters. The lowest BCUT2D eigenvalue weighted by molar-refractivity contribution is 0.768. The largest absolute Gasteiger partial charge is 0.335 e. The Bertz CT molecular complexity index is 482. The summed E-state index contributed by atoms with van der Waals surface area (Å²) in [5.74, 6) is 0.352. The normalized spacial score (nSPS) is 10.3. The SMILES string of the molecule is Cn1cc(Nc2nc(Cl)nnc2Cl)cn1. The van der Waals surface area contributed by atoms with Gasteiger partial charge in [0.2, 0.25) is 5.28 Å². The molecule has 0 aliphatic carbocycles. The van der Waals surface area contributed by atoms with Crippen molar-refractivity contribution in [3.8, 4) is 0 Å². The molecule has 8 heteroatoms. The number of nitrogens with zero attached hydrogens (tertiary/aromatic N) is 5. The van der Waals surface area contributed by atoms with Gasteiger partial charge < -0.3 is 5.32 Å². The number of aryl methyl sites for hydroxylation is 1. The van der Waals surface area contributed by atoms with Gasteiger partial charge in [0.25, 0.3) is 0 Å². The summed E-state index contributed by atoms with van der Waals surface area (Å²) in [5.41, 5.74) is 0.746. The van der Waals surface area contributed by atoms with Gasteiger partial charge in [0, 0.05) is 13.2 Å². The maximum Gasteiger partial charge on any atom is 0.245 e. The molecule has 1 N–H and O–H groups in total. The zero-order chi connectivity index (χ0) is 10.8. The Kier molecular flexibility index (Phi) is 2.70. The van der Waals surface area contributed by atoms with E-state index < -0.39 is 0 Å². The summed E-state index contributed by atoms with van der Waals surface area (Å²) in [6, 6.07) is 0. The fourth-order valence-electron chi connectivity index (χ4n) is 0.995. The van der Waals surface area contributed by atoms with Crippen LogP contribution < -0.4 is 5.32 Å². The van der Waals surface area contributed by atoms with Gasteiger partial charge >= 0.3 is 0 Å². The minimum atomic E-state index is 0.0331. The van der Waals surface area contributed by atoms with E-state index in [1.54, 1.807) is 24.1 Å². The molecular formula is C7H6Cl2N6. The molecular weight excluding hydrogens is 239 g/mol. The molecule has 0 aromatic carbocycles. The number of rotatable bonds is 2. The summed E-state index contributed by atoms with van der Waals surface area (Å²) in [6.45, 7) is 0. The molecule has 0 saturated carbocycles. The fraction of sp³-hybridized carbons (Fsp3) is 0.143. The topological polar surface area (TPSA) is 68.5 Å². The van der Waals surface area contributed by atoms with Crippen molar-refractivity contribution in [2.75, 3.05) is 5.32 Å². The second-order valence-corrected chi connectivity index (χ2v) is 3.44. The molecule has 2 rings (SSSR count). The van der Waals surface area contributed by atoms with E-state index >= 15 is 0 Å². The summed E-state index contributed by atoms with van der Waals surface area (Å²) in [6.07, 6.45) is 3.40. The Morgan fingerprint density at radius 3 is 2.80 bits per heavy atom. The van der Waals surface area contributed by atoms with E-state index in [-0.39, 0.29) is 10.4 Å². The van der Waals surface area contributed by atoms with E-state index in [1.807, 2.05) is 0 Å². The molecule has 6 nitrogen and oxygen atoms in total. The molecule has 0 aliphatic rings. The summed E-state index contributed by atoms with van der Waals surface area (Å²) in [4.78, 5) is 3.89. The molecule has 2 heterocycles. The molecule has 0 saturated heterocycles. The third kappa shape index (κ3) is 2.34. The number of nitrogens with one attached hydrogen (secondary N) is 1. The van der Waals surface area contributed by atoms with Gasteiger partial charge in [0.1, 0.15) is 0 Å². The second-order valence-electron chi connectivity index (χ2n) is 2.75. The van der Waals surface area contributed by atoms with Gasteiger partial charge in [-0.05, 0) is 11.6 Å². The lowest BCUT2D eigenvalue weighted by Crippen LogP contribution is -1.98. The highest BCUT2D eigenvalue weighted by molar-refractivity contribution is 6.32. The minimum Gasteiger partial charge on any atom is -0.335 e. The predicted octanol–water partition coefficient (Wildman–Crippen LogP) is 1.66. The number of hydrogen-bond donors (Lipinski definition) is 1. The molecule has 2 aromatic rings. The van der Waals surface area contributed by atoms with Crippen LogP contribution in [0.2, 0.25) is 10.4 Å². The fourth-order valence-corrected chi connectivity index (χ4v) is 1.24. The van der Waals surface area contributed by atoms with E-state index in [1.165, 1.54) is 0 Å². The average molecular weight is 245 g/mol. The maximum absolute atomic E-state index is 5.77. The maximum atomic E-state index is 5.77. The molecule has 0 bridgehead atoms. The zero-order valence-electron chi connectivity index (χ0n) is 7.65. The monoisotopic (exact) mass is 244 g/mol. The second kappa shape index (κ2) is 4.00. The summed E-state index contributed by atoms with van der Waals surface area (Å²) < 4.78 is 1.65. The van der Waals surface area contributed by atoms with Gasteiger partial charge in [-0.25, -0.2) is 0 Å². The van der Waals surface area contributed by atoms with Gasteiger partial charge in [-0.3, -0.25) is 4.68 Å². The smallest absolute Gasteiger partial charge is 0.245 e. The molecule has 0 radical (unpaired) electrons. The quantitative estimate of drug-likeness (QED) is 0.871. The molecule has 0 amide bonds. The standard InChI is InChI=1S/C7H6Cl2N6/c1-15-3-4(2-10-15)11-6-5(8)13-14-7(9)12-6/h2-3H,1H3,(H,11,12,14). The third-order valence-corrected chi connectivity index (χ3v) is 2.00. The van der Waals surface area contributed by atoms with E-state index in [4.69, 9.17) is 23.2 Å². The summed E-state index contributed by atoms with van der Waals surface area (Å²) in [7, 11) is 1.80. The van der Waals surface area contributed by atoms with Crippen molar-refractivity contribution in [3.63, 3.8) is 0 Å². The lowest BCUT2D eigenvalue weighted by atomic mass is 10.5. The Labute approximate surface area is 95.2 Å². The summed E-state index contributed by atoms with van der Waals surface area (Å²) >= 11 is 11.4. The van der Waals surface area contributed by atoms with Crippen molar-refractivity contribution in [3.05, 3.63) is 22.8 Å². The van der Waals surface area contributed by atoms with Crippen molar-refractivity contribution in [1.29, 1.82) is 0 Å². The highest BCUT2D eigenvalue weighted by Crippen LogP contribution is 2.20. The van der Waals surface area contributed by atoms with Crippen LogP contribution in [0.5, 0.6) is 0 Å². The van der Waals surface area contributed by atoms with Gasteiger partial charge in [-0.2, -0.15) is 10.1 Å². The van der Waals surface area contributed by atoms with Crippen LogP contribution >= 0.6 is 23.2 Å². The van der Waals surface area contributed by atoms with Crippen LogP contribution in [-0.2, 0) is 7.05 Å². The van der Waals surface area contributed by atoms with Crippen LogP contribution in [0.15, 0.2) is 12.4 Å². The zero-order valence-corrected chi connectivity index (χ0v) is 9.16. The molecule has 15 heavy (non-hydrogen) atoms. The van der Waals surface area contributed by atoms with Crippen molar-refractivity contribution >= 4 is 34.7 Å². The first-order valence-corrected chi connectivity index (χ1v) is 4.72. The number of hydrogen-bond acceptors (Lipinski definition) is 5. The molecule has 0 aliphatic heterocycles. The van der Waals surface area contributed by atoms with Crippen LogP contribution in [0.3, 0.4) is 0 Å². The van der Waals surface area contributed by atoms with Gasteiger partial charge in [-0.15, -0.1) is 10.2 Å². The van der Waals surface area contributed by atoms with Gasteiger partial charge in [-0.1, -0.05) is 11.6 Å². The van der Waals surface area contributed by atoms with Gasteiger partial charge in [0.15, 0.2) is 11.0 Å². The highest BCUT2D eigenvalue weighted by atomic mass is 35.5. The van der Waals surface area contributed by atoms with E-state index in [0.717, 1.165) is 5.69 Å². The Morgan fingerprint density at radius 2 is 2.13 bits per heavy atom. The van der Waals surface area contributed by atoms with E-state index in [9.17, 15) is 0 Å². The van der Waals surface area contributed by atoms with Crippen molar-refractivity contribution in [2.24, 2.45) is 7.05 Å². The van der Waals surface area contributed by atoms with E-state index in [2.05, 4.69) is 25.6 Å². The highest BCUT2D eigenvalue weighted by Gasteiger charge is 2.06. The van der Waals surface area contributed by atoms with Crippen LogP contribution in [-0.4, -0.2) is 25.0 Å². The average Bonchev–Trinajstić information content (AvgIpc) is 2.58. The van der Waals surface area contributed by atoms with Crippen molar-refractivity contribution < 1.29 is 0 Å². The predicted molar refractivity (Wildman–Crippen MR) is 56.3 cm³/mol. The Morgan fingerprint density at radius 1 is 1.33 bits per heavy atom. The van der Waals surface area contributed by atoms with Crippen molar-refractivity contribution in [1.82, 2.24) is 25.0 Å². The lowest BCUT2D eigenvalue weighted by Gasteiger charge is -2.02. The van der Waals surface area contributed by atoms with Crippen molar-refractivity contribution in [2.45, 2.75) is 0 Å². The van der Waals surface area contributed by atoms with Crippen LogP contribution in [0.25, 0.3) is 0 Å². The molecule has 0 fully saturated rings. The number of aromatic nitrogens is 5. The first-order chi connectivity index (χ1) is 7.15. The Balaban J connectivity index is 2.27. The van der Waals surface area contributed by atoms with E-state index in [0.29, 0.717) is 5.82 Å². The molecule has 78 valence electrons. The molecule has 2 aromatic heterocycles. The van der Waals surface area contributed by atoms with Crippen LogP contribution in [0.1, 0.15) is 0 Å². The first-order valence-electron chi connectivity index (χ1n) is 3.96. The third-order valence-electron chi connectivity index (χ3n) is 1.59. The van der Waals surface area contributed by atoms with Crippen LogP contribution in [0.4, 0.5) is 11.5 Å². The molecule has 0 unspecified atom stereocenters. The first kappa shape index (κ1) is 10.1. The van der Waals surface area contributed by atoms with Crippen LogP contribution in [0, 0.1) is 0 Å². The number of halogens is 2. The Hall–Kier alpha value is -1.40. The number of anilines is 2. The van der Waals surface area contributed by atoms with Gasteiger partial charge in [0.05, 0.1) is 11.9 Å². The summed E-state index contributed by atoms with van der Waals surface area (Å²) in [5, 5.41) is 14.2.